The van der Waals surface area contributed by atoms with Crippen LogP contribution in [0.3, 0.4) is 0 Å². The Morgan fingerprint density at radius 1 is 0.906 bits per heavy atom. The van der Waals surface area contributed by atoms with Crippen molar-refractivity contribution in [1.82, 2.24) is 9.55 Å². The van der Waals surface area contributed by atoms with E-state index in [1.165, 1.54) is 16.3 Å². The number of fused-ring (bicyclic) bond motifs is 1. The number of sulfonamides is 1. The summed E-state index contributed by atoms with van der Waals surface area (Å²) in [5, 5.41) is 6.08. The highest BCUT2D eigenvalue weighted by atomic mass is 32.2. The fraction of sp³-hybridized carbons (Fsp3) is 0.130. The molecular formula is C23H21N3O4S2. The van der Waals surface area contributed by atoms with E-state index in [-0.39, 0.29) is 11.3 Å². The van der Waals surface area contributed by atoms with Crippen LogP contribution < -0.4 is 15.4 Å². The summed E-state index contributed by atoms with van der Waals surface area (Å²) < 4.78 is 29.8. The molecule has 9 heteroatoms. The zero-order valence-electron chi connectivity index (χ0n) is 17.0. The molecule has 164 valence electrons. The second-order valence-corrected chi connectivity index (χ2v) is 9.83. The molecular weight excluding hydrogens is 446 g/mol. The number of hydrogen-bond donors (Lipinski definition) is 1. The van der Waals surface area contributed by atoms with Gasteiger partial charge in [-0.05, 0) is 55.0 Å². The number of para-hydroxylation sites is 2. The van der Waals surface area contributed by atoms with Crippen LogP contribution in [0.2, 0.25) is 0 Å². The molecule has 1 heterocycles. The number of ether oxygens (including phenoxy) is 1. The number of hydrogen-bond acceptors (Lipinski definition) is 6. The first kappa shape index (κ1) is 22.1. The highest BCUT2D eigenvalue weighted by Gasteiger charge is 2.14. The summed E-state index contributed by atoms with van der Waals surface area (Å²) in [6.07, 6.45) is 0.357. The summed E-state index contributed by atoms with van der Waals surface area (Å²) in [4.78, 5) is 17.9. The molecule has 0 aliphatic heterocycles. The molecule has 0 unspecified atom stereocenters. The van der Waals surface area contributed by atoms with Crippen LogP contribution >= 0.6 is 11.8 Å². The Labute approximate surface area is 189 Å². The van der Waals surface area contributed by atoms with E-state index in [1.54, 1.807) is 42.5 Å². The van der Waals surface area contributed by atoms with Gasteiger partial charge in [-0.1, -0.05) is 42.1 Å². The zero-order chi connectivity index (χ0) is 22.6. The quantitative estimate of drug-likeness (QED) is 0.239. The summed E-state index contributed by atoms with van der Waals surface area (Å²) in [5.41, 5.74) is 1.04. The molecule has 0 spiro atoms. The molecule has 0 aliphatic carbocycles. The molecule has 32 heavy (non-hydrogen) atoms. The standard InChI is InChI=1S/C23H21N3O4S2/c24-32(28,29)16-6-15-31-23-25-21-10-5-4-9-20(21)22(27)26(23)17-11-13-19(14-12-17)30-18-7-2-1-3-8-18/h1-5,7-14H,6,15-16H2,(H2,24,28,29). The van der Waals surface area contributed by atoms with Gasteiger partial charge in [0.2, 0.25) is 10.0 Å². The molecule has 3 aromatic carbocycles. The Kier molecular flexibility index (Phi) is 6.59. The van der Waals surface area contributed by atoms with Crippen molar-refractivity contribution < 1.29 is 13.2 Å². The maximum absolute atomic E-state index is 13.3. The summed E-state index contributed by atoms with van der Waals surface area (Å²) >= 11 is 1.32. The predicted octanol–water partition coefficient (Wildman–Crippen LogP) is 3.95. The van der Waals surface area contributed by atoms with E-state index in [0.717, 1.165) is 5.75 Å². The maximum atomic E-state index is 13.3. The van der Waals surface area contributed by atoms with Gasteiger partial charge in [0.1, 0.15) is 11.5 Å². The average Bonchev–Trinajstić information content (AvgIpc) is 2.78. The number of rotatable bonds is 8. The lowest BCUT2D eigenvalue weighted by molar-refractivity contribution is 0.482. The van der Waals surface area contributed by atoms with E-state index >= 15 is 0 Å². The lowest BCUT2D eigenvalue weighted by Crippen LogP contribution is -2.22. The third kappa shape index (κ3) is 5.37. The first-order valence-corrected chi connectivity index (χ1v) is 12.6. The topological polar surface area (TPSA) is 104 Å². The van der Waals surface area contributed by atoms with Crippen molar-refractivity contribution in [3.05, 3.63) is 89.2 Å². The van der Waals surface area contributed by atoms with E-state index in [4.69, 9.17) is 9.88 Å². The van der Waals surface area contributed by atoms with Crippen LogP contribution in [0.4, 0.5) is 0 Å². The molecule has 2 N–H and O–H groups in total. The van der Waals surface area contributed by atoms with Crippen molar-refractivity contribution in [3.63, 3.8) is 0 Å². The molecule has 4 rings (SSSR count). The molecule has 0 radical (unpaired) electrons. The van der Waals surface area contributed by atoms with Gasteiger partial charge in [-0.15, -0.1) is 0 Å². The average molecular weight is 468 g/mol. The summed E-state index contributed by atoms with van der Waals surface area (Å²) in [6.45, 7) is 0. The molecule has 0 atom stereocenters. The SMILES string of the molecule is NS(=O)(=O)CCCSc1nc2ccccc2c(=O)n1-c1ccc(Oc2ccccc2)cc1. The summed E-state index contributed by atoms with van der Waals surface area (Å²) in [7, 11) is -3.53. The highest BCUT2D eigenvalue weighted by molar-refractivity contribution is 7.99. The Morgan fingerprint density at radius 2 is 1.56 bits per heavy atom. The number of thioether (sulfide) groups is 1. The van der Waals surface area contributed by atoms with Gasteiger partial charge in [-0.2, -0.15) is 0 Å². The molecule has 0 fully saturated rings. The summed E-state index contributed by atoms with van der Waals surface area (Å²) in [6, 6.07) is 23.7. The van der Waals surface area contributed by atoms with Crippen molar-refractivity contribution in [2.45, 2.75) is 11.6 Å². The van der Waals surface area contributed by atoms with Gasteiger partial charge in [0.25, 0.3) is 5.56 Å². The third-order valence-corrected chi connectivity index (χ3v) is 6.51. The molecule has 1 aromatic heterocycles. The minimum atomic E-state index is -3.53. The third-order valence-electron chi connectivity index (χ3n) is 4.62. The number of primary sulfonamides is 1. The van der Waals surface area contributed by atoms with Gasteiger partial charge in [0.15, 0.2) is 5.16 Å². The van der Waals surface area contributed by atoms with Crippen molar-refractivity contribution in [1.29, 1.82) is 0 Å². The number of nitrogens with zero attached hydrogens (tertiary/aromatic N) is 2. The van der Waals surface area contributed by atoms with Gasteiger partial charge in [0, 0.05) is 5.75 Å². The van der Waals surface area contributed by atoms with E-state index in [2.05, 4.69) is 4.98 Å². The minimum absolute atomic E-state index is 0.122. The van der Waals surface area contributed by atoms with Gasteiger partial charge >= 0.3 is 0 Å². The molecule has 0 bridgehead atoms. The van der Waals surface area contributed by atoms with Crippen molar-refractivity contribution >= 4 is 32.7 Å². The lowest BCUT2D eigenvalue weighted by Gasteiger charge is -2.14. The van der Waals surface area contributed by atoms with E-state index in [1.807, 2.05) is 36.4 Å². The maximum Gasteiger partial charge on any atom is 0.266 e. The summed E-state index contributed by atoms with van der Waals surface area (Å²) in [5.74, 6) is 1.69. The van der Waals surface area contributed by atoms with E-state index < -0.39 is 10.0 Å². The van der Waals surface area contributed by atoms with E-state index in [9.17, 15) is 13.2 Å². The molecule has 0 aliphatic rings. The second-order valence-electron chi connectivity index (χ2n) is 7.03. The monoisotopic (exact) mass is 467 g/mol. The largest absolute Gasteiger partial charge is 0.457 e. The van der Waals surface area contributed by atoms with Gasteiger partial charge in [0.05, 0.1) is 22.3 Å². The fourth-order valence-electron chi connectivity index (χ4n) is 3.15. The van der Waals surface area contributed by atoms with Gasteiger partial charge in [-0.3, -0.25) is 9.36 Å². The number of nitrogens with two attached hydrogens (primary N) is 1. The highest BCUT2D eigenvalue weighted by Crippen LogP contribution is 2.25. The molecule has 7 nitrogen and oxygen atoms in total. The van der Waals surface area contributed by atoms with Gasteiger partial charge < -0.3 is 4.74 Å². The van der Waals surface area contributed by atoms with Crippen molar-refractivity contribution in [3.8, 4) is 17.2 Å². The van der Waals surface area contributed by atoms with Crippen LogP contribution in [0.5, 0.6) is 11.5 Å². The first-order valence-electron chi connectivity index (χ1n) is 9.89. The first-order chi connectivity index (χ1) is 15.4. The Bertz CT molecular complexity index is 1390. The molecule has 0 amide bonds. The minimum Gasteiger partial charge on any atom is -0.457 e. The van der Waals surface area contributed by atoms with Crippen LogP contribution in [0.15, 0.2) is 88.8 Å². The van der Waals surface area contributed by atoms with Crippen LogP contribution in [0.25, 0.3) is 16.6 Å². The Morgan fingerprint density at radius 3 is 2.28 bits per heavy atom. The fourth-order valence-corrected chi connectivity index (χ4v) is 4.83. The van der Waals surface area contributed by atoms with Crippen LogP contribution in [-0.4, -0.2) is 29.5 Å². The van der Waals surface area contributed by atoms with Crippen LogP contribution in [-0.2, 0) is 10.0 Å². The van der Waals surface area contributed by atoms with Crippen molar-refractivity contribution in [2.24, 2.45) is 5.14 Å². The molecule has 0 saturated heterocycles. The Balaban J connectivity index is 1.66. The predicted molar refractivity (Wildman–Crippen MR) is 127 cm³/mol. The Hall–Kier alpha value is -3.14. The molecule has 0 saturated carbocycles. The normalized spacial score (nSPS) is 11.5. The lowest BCUT2D eigenvalue weighted by atomic mass is 10.2. The zero-order valence-corrected chi connectivity index (χ0v) is 18.7. The number of aromatic nitrogens is 2. The van der Waals surface area contributed by atoms with Crippen LogP contribution in [0, 0.1) is 0 Å². The van der Waals surface area contributed by atoms with Gasteiger partial charge in [-0.25, -0.2) is 18.5 Å². The smallest absolute Gasteiger partial charge is 0.266 e. The van der Waals surface area contributed by atoms with E-state index in [0.29, 0.717) is 39.7 Å². The van der Waals surface area contributed by atoms with Crippen LogP contribution in [0.1, 0.15) is 6.42 Å². The molecule has 4 aromatic rings. The number of benzene rings is 3. The second kappa shape index (κ2) is 9.56. The van der Waals surface area contributed by atoms with Crippen molar-refractivity contribution in [2.75, 3.05) is 11.5 Å².